The van der Waals surface area contributed by atoms with Crippen LogP contribution in [0.1, 0.15) is 36.6 Å². The normalized spacial score (nSPS) is 15.9. The Labute approximate surface area is 107 Å². The second kappa shape index (κ2) is 3.17. The van der Waals surface area contributed by atoms with Gasteiger partial charge in [-0.25, -0.2) is 9.59 Å². The van der Waals surface area contributed by atoms with Gasteiger partial charge >= 0.3 is 11.9 Å². The summed E-state index contributed by atoms with van der Waals surface area (Å²) in [6.07, 6.45) is 3.19. The topological polar surface area (TPSA) is 60.4 Å². The van der Waals surface area contributed by atoms with Crippen LogP contribution >= 0.6 is 0 Å². The van der Waals surface area contributed by atoms with Crippen LogP contribution in [0.5, 0.6) is 0 Å². The van der Waals surface area contributed by atoms with Crippen LogP contribution in [0.15, 0.2) is 30.3 Å². The van der Waals surface area contributed by atoms with Crippen molar-refractivity contribution in [2.75, 3.05) is 0 Å². The predicted octanol–water partition coefficient (Wildman–Crippen LogP) is 2.36. The molecule has 0 unspecified atom stereocenters. The van der Waals surface area contributed by atoms with Crippen LogP contribution < -0.4 is 0 Å². The highest BCUT2D eigenvalue weighted by molar-refractivity contribution is 6.28. The standard InChI is InChI=1S/C15H6O4/c16-11-6-2-7-1-3-9-13-10(15(18)19-14(9)17)5-4-8(11)12(7)13/h1-6H. The summed E-state index contributed by atoms with van der Waals surface area (Å²) in [6.45, 7) is 0. The number of allylic oxidation sites excluding steroid dienone is 1. The Morgan fingerprint density at radius 3 is 2.05 bits per heavy atom. The molecule has 0 radical (unpaired) electrons. The molecule has 0 saturated heterocycles. The summed E-state index contributed by atoms with van der Waals surface area (Å²) in [6, 6.07) is 6.52. The first-order chi connectivity index (χ1) is 9.16. The van der Waals surface area contributed by atoms with Crippen LogP contribution in [-0.2, 0) is 4.74 Å². The maximum Gasteiger partial charge on any atom is 0.346 e. The molecule has 4 rings (SSSR count). The fourth-order valence-electron chi connectivity index (χ4n) is 2.66. The van der Waals surface area contributed by atoms with E-state index in [1.54, 1.807) is 24.3 Å². The average Bonchev–Trinajstić information content (AvgIpc) is 2.41. The smallest absolute Gasteiger partial charge is 0.346 e. The molecular formula is C15H6O4. The van der Waals surface area contributed by atoms with E-state index < -0.39 is 11.9 Å². The number of hydrogen-bond donors (Lipinski definition) is 0. The fourth-order valence-corrected chi connectivity index (χ4v) is 2.66. The molecule has 0 atom stereocenters. The third-order valence-electron chi connectivity index (χ3n) is 3.50. The third kappa shape index (κ3) is 1.15. The van der Waals surface area contributed by atoms with Crippen molar-refractivity contribution >= 4 is 34.6 Å². The molecule has 0 N–H and O–H groups in total. The van der Waals surface area contributed by atoms with Gasteiger partial charge in [0.05, 0.1) is 11.1 Å². The van der Waals surface area contributed by atoms with E-state index in [1.807, 2.05) is 0 Å². The van der Waals surface area contributed by atoms with Gasteiger partial charge in [0.2, 0.25) is 0 Å². The second-order valence-electron chi connectivity index (χ2n) is 4.49. The molecule has 19 heavy (non-hydrogen) atoms. The highest BCUT2D eigenvalue weighted by atomic mass is 16.6. The zero-order valence-corrected chi connectivity index (χ0v) is 9.60. The number of esters is 2. The SMILES string of the molecule is O=C1C=Cc2ccc3c4c(ccc1c24)C(=O)OC3=O. The van der Waals surface area contributed by atoms with E-state index in [2.05, 4.69) is 4.74 Å². The molecule has 90 valence electrons. The summed E-state index contributed by atoms with van der Waals surface area (Å²) >= 11 is 0. The first kappa shape index (κ1) is 10.2. The zero-order valence-electron chi connectivity index (χ0n) is 9.60. The van der Waals surface area contributed by atoms with Crippen LogP contribution in [0, 0.1) is 0 Å². The molecule has 0 bridgehead atoms. The quantitative estimate of drug-likeness (QED) is 0.532. The predicted molar refractivity (Wildman–Crippen MR) is 67.1 cm³/mol. The molecule has 1 aliphatic carbocycles. The third-order valence-corrected chi connectivity index (χ3v) is 3.50. The Morgan fingerprint density at radius 1 is 0.684 bits per heavy atom. The van der Waals surface area contributed by atoms with Crippen molar-refractivity contribution in [1.29, 1.82) is 0 Å². The number of ether oxygens (including phenoxy) is 1. The Hall–Kier alpha value is -2.75. The van der Waals surface area contributed by atoms with Gasteiger partial charge in [-0.15, -0.1) is 0 Å². The van der Waals surface area contributed by atoms with E-state index in [9.17, 15) is 14.4 Å². The molecule has 0 aromatic heterocycles. The van der Waals surface area contributed by atoms with E-state index in [-0.39, 0.29) is 5.78 Å². The van der Waals surface area contributed by atoms with Gasteiger partial charge in [-0.1, -0.05) is 12.1 Å². The summed E-state index contributed by atoms with van der Waals surface area (Å²) in [5.74, 6) is -1.45. The van der Waals surface area contributed by atoms with Gasteiger partial charge in [0, 0.05) is 16.3 Å². The molecule has 0 amide bonds. The molecule has 2 aliphatic rings. The molecule has 0 saturated carbocycles. The Morgan fingerprint density at radius 2 is 1.32 bits per heavy atom. The number of benzene rings is 2. The van der Waals surface area contributed by atoms with Crippen LogP contribution in [-0.4, -0.2) is 17.7 Å². The summed E-state index contributed by atoms with van der Waals surface area (Å²) < 4.78 is 4.68. The number of carbonyl (C=O) groups excluding carboxylic acids is 3. The zero-order chi connectivity index (χ0) is 13.1. The van der Waals surface area contributed by atoms with Gasteiger partial charge in [-0.05, 0) is 29.8 Å². The lowest BCUT2D eigenvalue weighted by atomic mass is 9.86. The summed E-state index contributed by atoms with van der Waals surface area (Å²) in [4.78, 5) is 35.4. The molecular weight excluding hydrogens is 244 g/mol. The number of ketones is 1. The van der Waals surface area contributed by atoms with Gasteiger partial charge in [0.15, 0.2) is 5.78 Å². The molecule has 1 heterocycles. The lowest BCUT2D eigenvalue weighted by Crippen LogP contribution is -2.20. The summed E-state index contributed by atoms with van der Waals surface area (Å²) in [7, 11) is 0. The minimum atomic E-state index is -0.664. The monoisotopic (exact) mass is 250 g/mol. The van der Waals surface area contributed by atoms with Crippen molar-refractivity contribution in [3.63, 3.8) is 0 Å². The van der Waals surface area contributed by atoms with Crippen LogP contribution in [0.25, 0.3) is 16.8 Å². The molecule has 4 nitrogen and oxygen atoms in total. The fraction of sp³-hybridized carbons (Fsp3) is 0. The van der Waals surface area contributed by atoms with Crippen LogP contribution in [0.2, 0.25) is 0 Å². The minimum Gasteiger partial charge on any atom is -0.386 e. The maximum absolute atomic E-state index is 11.9. The minimum absolute atomic E-state index is 0.123. The van der Waals surface area contributed by atoms with Gasteiger partial charge in [0.1, 0.15) is 0 Å². The highest BCUT2D eigenvalue weighted by Gasteiger charge is 2.30. The van der Waals surface area contributed by atoms with Crippen molar-refractivity contribution in [3.05, 3.63) is 52.6 Å². The van der Waals surface area contributed by atoms with Crippen molar-refractivity contribution in [1.82, 2.24) is 0 Å². The summed E-state index contributed by atoms with van der Waals surface area (Å²) in [5.41, 5.74) is 2.01. The van der Waals surface area contributed by atoms with E-state index in [0.717, 1.165) is 5.56 Å². The largest absolute Gasteiger partial charge is 0.386 e. The number of hydrogen-bond acceptors (Lipinski definition) is 4. The first-order valence-corrected chi connectivity index (χ1v) is 5.75. The van der Waals surface area contributed by atoms with Crippen LogP contribution in [0.4, 0.5) is 0 Å². The van der Waals surface area contributed by atoms with E-state index in [4.69, 9.17) is 0 Å². The second-order valence-corrected chi connectivity index (χ2v) is 4.49. The highest BCUT2D eigenvalue weighted by Crippen LogP contribution is 2.36. The first-order valence-electron chi connectivity index (χ1n) is 5.75. The Kier molecular flexibility index (Phi) is 1.70. The van der Waals surface area contributed by atoms with Crippen molar-refractivity contribution in [2.24, 2.45) is 0 Å². The lowest BCUT2D eigenvalue weighted by Gasteiger charge is -2.19. The molecule has 0 fully saturated rings. The van der Waals surface area contributed by atoms with Crippen LogP contribution in [0.3, 0.4) is 0 Å². The Balaban J connectivity index is 2.30. The summed E-state index contributed by atoms with van der Waals surface area (Å²) in [5, 5.41) is 1.18. The number of carbonyl (C=O) groups is 3. The van der Waals surface area contributed by atoms with E-state index in [0.29, 0.717) is 27.5 Å². The van der Waals surface area contributed by atoms with Gasteiger partial charge in [0.25, 0.3) is 0 Å². The van der Waals surface area contributed by atoms with Crippen molar-refractivity contribution < 1.29 is 19.1 Å². The van der Waals surface area contributed by atoms with Gasteiger partial charge in [-0.3, -0.25) is 4.79 Å². The van der Waals surface area contributed by atoms with Gasteiger partial charge < -0.3 is 4.74 Å². The Bertz CT molecular complexity index is 823. The van der Waals surface area contributed by atoms with Gasteiger partial charge in [-0.2, -0.15) is 0 Å². The molecule has 1 aliphatic heterocycles. The maximum atomic E-state index is 11.9. The lowest BCUT2D eigenvalue weighted by molar-refractivity contribution is 0.0391. The molecule has 2 aromatic carbocycles. The number of cyclic esters (lactones) is 2. The van der Waals surface area contributed by atoms with E-state index in [1.165, 1.54) is 12.1 Å². The molecule has 4 heteroatoms. The molecule has 0 spiro atoms. The molecule has 2 aromatic rings. The average molecular weight is 250 g/mol. The van der Waals surface area contributed by atoms with Crippen molar-refractivity contribution in [2.45, 2.75) is 0 Å². The van der Waals surface area contributed by atoms with E-state index >= 15 is 0 Å². The number of rotatable bonds is 0. The van der Waals surface area contributed by atoms with Crippen molar-refractivity contribution in [3.8, 4) is 0 Å².